The van der Waals surface area contributed by atoms with Crippen molar-refractivity contribution in [2.24, 2.45) is 4.99 Å². The minimum atomic E-state index is -0.582. The summed E-state index contributed by atoms with van der Waals surface area (Å²) < 4.78 is 0. The van der Waals surface area contributed by atoms with Crippen molar-refractivity contribution in [1.29, 1.82) is 0 Å². The van der Waals surface area contributed by atoms with E-state index in [1.54, 1.807) is 11.3 Å². The molecule has 5 nitrogen and oxygen atoms in total. The molecule has 1 aromatic heterocycles. The van der Waals surface area contributed by atoms with Crippen molar-refractivity contribution in [3.63, 3.8) is 0 Å². The summed E-state index contributed by atoms with van der Waals surface area (Å²) in [5, 5.41) is 20.8. The van der Waals surface area contributed by atoms with Crippen molar-refractivity contribution in [2.75, 3.05) is 31.1 Å². The molecule has 0 aliphatic carbocycles. The van der Waals surface area contributed by atoms with E-state index in [9.17, 15) is 5.11 Å². The summed E-state index contributed by atoms with van der Waals surface area (Å²) in [4.78, 5) is 7.07. The second kappa shape index (κ2) is 9.76. The number of piperidine rings is 1. The zero-order valence-corrected chi connectivity index (χ0v) is 17.0. The molecule has 146 valence electrons. The SMILES string of the molecule is CCNC(=NCC(O)c1cccc(C)c1)NC1CCN(c2cccs2)CC1. The molecule has 1 aromatic carbocycles. The van der Waals surface area contributed by atoms with Crippen molar-refractivity contribution in [2.45, 2.75) is 38.8 Å². The van der Waals surface area contributed by atoms with Gasteiger partial charge in [0.25, 0.3) is 0 Å². The molecule has 0 spiro atoms. The van der Waals surface area contributed by atoms with Crippen LogP contribution in [0.15, 0.2) is 46.8 Å². The Bertz CT molecular complexity index is 724. The quantitative estimate of drug-likeness (QED) is 0.527. The van der Waals surface area contributed by atoms with Gasteiger partial charge >= 0.3 is 0 Å². The molecule has 0 radical (unpaired) electrons. The van der Waals surface area contributed by atoms with Crippen LogP contribution in [0.2, 0.25) is 0 Å². The minimum Gasteiger partial charge on any atom is -0.386 e. The predicted molar refractivity (Wildman–Crippen MR) is 115 cm³/mol. The van der Waals surface area contributed by atoms with E-state index in [4.69, 9.17) is 0 Å². The highest BCUT2D eigenvalue weighted by Gasteiger charge is 2.20. The van der Waals surface area contributed by atoms with E-state index >= 15 is 0 Å². The zero-order valence-electron chi connectivity index (χ0n) is 16.2. The fraction of sp³-hybridized carbons (Fsp3) is 0.476. The fourth-order valence-electron chi connectivity index (χ4n) is 3.37. The first-order chi connectivity index (χ1) is 13.2. The Morgan fingerprint density at radius 1 is 1.30 bits per heavy atom. The lowest BCUT2D eigenvalue weighted by Crippen LogP contribution is -2.48. The van der Waals surface area contributed by atoms with E-state index in [0.29, 0.717) is 12.6 Å². The van der Waals surface area contributed by atoms with E-state index in [2.05, 4.69) is 45.0 Å². The maximum Gasteiger partial charge on any atom is 0.191 e. The highest BCUT2D eigenvalue weighted by Crippen LogP contribution is 2.24. The van der Waals surface area contributed by atoms with Gasteiger partial charge in [-0.3, -0.25) is 4.99 Å². The van der Waals surface area contributed by atoms with Crippen LogP contribution in [-0.2, 0) is 0 Å². The maximum atomic E-state index is 10.4. The topological polar surface area (TPSA) is 59.9 Å². The molecule has 0 amide bonds. The molecule has 1 aliphatic rings. The molecule has 3 N–H and O–H groups in total. The van der Waals surface area contributed by atoms with Gasteiger partial charge in [0.1, 0.15) is 0 Å². The van der Waals surface area contributed by atoms with Gasteiger partial charge in [-0.1, -0.05) is 29.8 Å². The van der Waals surface area contributed by atoms with E-state index in [1.165, 1.54) is 5.00 Å². The summed E-state index contributed by atoms with van der Waals surface area (Å²) >= 11 is 1.80. The third-order valence-electron chi connectivity index (χ3n) is 4.85. The molecule has 1 fully saturated rings. The van der Waals surface area contributed by atoms with Gasteiger partial charge in [0.15, 0.2) is 5.96 Å². The molecule has 1 saturated heterocycles. The molecule has 2 aromatic rings. The molecular formula is C21H30N4OS. The Kier molecular flexibility index (Phi) is 7.12. The summed E-state index contributed by atoms with van der Waals surface area (Å²) in [6, 6.07) is 12.7. The first kappa shape index (κ1) is 19.7. The Morgan fingerprint density at radius 3 is 2.78 bits per heavy atom. The van der Waals surface area contributed by atoms with Gasteiger partial charge in [0, 0.05) is 25.7 Å². The molecule has 3 rings (SSSR count). The van der Waals surface area contributed by atoms with Gasteiger partial charge in [-0.05, 0) is 49.8 Å². The predicted octanol–water partition coefficient (Wildman–Crippen LogP) is 3.31. The lowest BCUT2D eigenvalue weighted by Gasteiger charge is -2.33. The summed E-state index contributed by atoms with van der Waals surface area (Å²) in [5.74, 6) is 0.791. The van der Waals surface area contributed by atoms with Gasteiger partial charge in [0.2, 0.25) is 0 Å². The van der Waals surface area contributed by atoms with Gasteiger partial charge in [-0.15, -0.1) is 11.3 Å². The molecule has 0 saturated carbocycles. The van der Waals surface area contributed by atoms with Crippen LogP contribution in [0, 0.1) is 6.92 Å². The average molecular weight is 387 g/mol. The van der Waals surface area contributed by atoms with Gasteiger partial charge in [0.05, 0.1) is 17.6 Å². The van der Waals surface area contributed by atoms with Gasteiger partial charge in [-0.2, -0.15) is 0 Å². The number of thiophene rings is 1. The van der Waals surface area contributed by atoms with E-state index in [1.807, 2.05) is 31.2 Å². The first-order valence-electron chi connectivity index (χ1n) is 9.73. The second-order valence-electron chi connectivity index (χ2n) is 7.01. The normalized spacial score (nSPS) is 17.0. The smallest absolute Gasteiger partial charge is 0.191 e. The van der Waals surface area contributed by atoms with Gasteiger partial charge < -0.3 is 20.6 Å². The molecule has 6 heteroatoms. The summed E-state index contributed by atoms with van der Waals surface area (Å²) in [6.45, 7) is 7.38. The molecule has 0 bridgehead atoms. The van der Waals surface area contributed by atoms with Crippen molar-refractivity contribution >= 4 is 22.3 Å². The minimum absolute atomic E-state index is 0.354. The molecule has 1 unspecified atom stereocenters. The number of benzene rings is 1. The highest BCUT2D eigenvalue weighted by atomic mass is 32.1. The van der Waals surface area contributed by atoms with Crippen LogP contribution in [0.25, 0.3) is 0 Å². The monoisotopic (exact) mass is 386 g/mol. The average Bonchev–Trinajstić information content (AvgIpc) is 3.21. The van der Waals surface area contributed by atoms with Gasteiger partial charge in [-0.25, -0.2) is 0 Å². The highest BCUT2D eigenvalue weighted by molar-refractivity contribution is 7.14. The van der Waals surface area contributed by atoms with Crippen LogP contribution >= 0.6 is 11.3 Å². The number of hydrogen-bond donors (Lipinski definition) is 3. The number of hydrogen-bond acceptors (Lipinski definition) is 4. The summed E-state index contributed by atoms with van der Waals surface area (Å²) in [5.41, 5.74) is 2.07. The Labute approximate surface area is 166 Å². The molecule has 27 heavy (non-hydrogen) atoms. The number of nitrogens with zero attached hydrogens (tertiary/aromatic N) is 2. The Hall–Kier alpha value is -2.05. The molecule has 2 heterocycles. The third kappa shape index (κ3) is 5.71. The number of aryl methyl sites for hydroxylation is 1. The van der Waals surface area contributed by atoms with Crippen molar-refractivity contribution in [1.82, 2.24) is 10.6 Å². The number of nitrogens with one attached hydrogen (secondary N) is 2. The van der Waals surface area contributed by atoms with Crippen LogP contribution < -0.4 is 15.5 Å². The van der Waals surface area contributed by atoms with Crippen molar-refractivity contribution < 1.29 is 5.11 Å². The lowest BCUT2D eigenvalue weighted by molar-refractivity contribution is 0.187. The number of anilines is 1. The Morgan fingerprint density at radius 2 is 2.11 bits per heavy atom. The maximum absolute atomic E-state index is 10.4. The van der Waals surface area contributed by atoms with E-state index < -0.39 is 6.10 Å². The third-order valence-corrected chi connectivity index (χ3v) is 5.78. The number of aliphatic imine (C=N–C) groups is 1. The standard InChI is InChI=1S/C21H30N4OS/c1-3-22-21(23-15-19(26)17-7-4-6-16(2)14-17)24-18-9-11-25(12-10-18)20-8-5-13-27-20/h4-8,13-14,18-19,26H,3,9-12,15H2,1-2H3,(H2,22,23,24). The number of aliphatic hydroxyl groups is 1. The Balaban J connectivity index is 1.53. The van der Waals surface area contributed by atoms with E-state index in [-0.39, 0.29) is 0 Å². The zero-order chi connectivity index (χ0) is 19.1. The fourth-order valence-corrected chi connectivity index (χ4v) is 4.15. The number of guanidine groups is 1. The van der Waals surface area contributed by atoms with Crippen LogP contribution in [0.5, 0.6) is 0 Å². The largest absolute Gasteiger partial charge is 0.386 e. The summed E-state index contributed by atoms with van der Waals surface area (Å²) in [7, 11) is 0. The van der Waals surface area contributed by atoms with Crippen LogP contribution in [-0.4, -0.2) is 43.3 Å². The lowest BCUT2D eigenvalue weighted by atomic mass is 10.1. The van der Waals surface area contributed by atoms with Crippen molar-refractivity contribution in [3.8, 4) is 0 Å². The first-order valence-corrected chi connectivity index (χ1v) is 10.6. The summed E-state index contributed by atoms with van der Waals surface area (Å²) in [6.07, 6.45) is 1.59. The van der Waals surface area contributed by atoms with Crippen LogP contribution in [0.4, 0.5) is 5.00 Å². The van der Waals surface area contributed by atoms with Crippen LogP contribution in [0.1, 0.15) is 37.0 Å². The molecule has 1 aliphatic heterocycles. The second-order valence-corrected chi connectivity index (χ2v) is 7.93. The number of rotatable bonds is 6. The van der Waals surface area contributed by atoms with E-state index in [0.717, 1.165) is 49.6 Å². The number of aliphatic hydroxyl groups excluding tert-OH is 1. The molecular weight excluding hydrogens is 356 g/mol. The van der Waals surface area contributed by atoms with Crippen molar-refractivity contribution in [3.05, 3.63) is 52.9 Å². The molecule has 1 atom stereocenters. The van der Waals surface area contributed by atoms with Crippen LogP contribution in [0.3, 0.4) is 0 Å².